The monoisotopic (exact) mass is 389 g/mol. The summed E-state index contributed by atoms with van der Waals surface area (Å²) in [6, 6.07) is 0.0829. The Morgan fingerprint density at radius 3 is 2.76 bits per heavy atom. The number of hydrogen-bond acceptors (Lipinski definition) is 3. The van der Waals surface area contributed by atoms with E-state index in [1.807, 2.05) is 6.20 Å². The Balaban J connectivity index is 2.45. The highest BCUT2D eigenvalue weighted by molar-refractivity contribution is 9.10. The van der Waals surface area contributed by atoms with Crippen LogP contribution < -0.4 is 5.32 Å². The lowest BCUT2D eigenvalue weighted by atomic mass is 10.1. The smallest absolute Gasteiger partial charge is 0.0868 e. The zero-order valence-electron chi connectivity index (χ0n) is 12.6. The molecule has 0 bridgehead atoms. The first-order valence-corrected chi connectivity index (χ1v) is 9.33. The Morgan fingerprint density at radius 2 is 2.19 bits per heavy atom. The Morgan fingerprint density at radius 1 is 1.43 bits per heavy atom. The molecule has 0 aliphatic heterocycles. The topological polar surface area (TPSA) is 29.9 Å². The van der Waals surface area contributed by atoms with E-state index in [2.05, 4.69) is 57.2 Å². The minimum Gasteiger partial charge on any atom is -0.304 e. The Hall–Kier alpha value is -0.360. The molecule has 0 saturated heterocycles. The molecule has 6 heteroatoms. The van der Waals surface area contributed by atoms with Crippen molar-refractivity contribution in [1.29, 1.82) is 0 Å². The van der Waals surface area contributed by atoms with Gasteiger partial charge >= 0.3 is 0 Å². The van der Waals surface area contributed by atoms with Crippen molar-refractivity contribution >= 4 is 38.9 Å². The molecule has 0 radical (unpaired) electrons. The van der Waals surface area contributed by atoms with E-state index in [4.69, 9.17) is 11.6 Å². The molecule has 1 N–H and O–H groups in total. The second-order valence-corrected chi connectivity index (χ2v) is 7.23. The first kappa shape index (κ1) is 17.0. The van der Waals surface area contributed by atoms with Crippen LogP contribution in [0.5, 0.6) is 0 Å². The van der Waals surface area contributed by atoms with Crippen LogP contribution in [0.15, 0.2) is 16.0 Å². The van der Waals surface area contributed by atoms with Crippen molar-refractivity contribution in [2.45, 2.75) is 46.2 Å². The number of halogens is 2. The van der Waals surface area contributed by atoms with Crippen molar-refractivity contribution in [2.24, 2.45) is 0 Å². The van der Waals surface area contributed by atoms with Gasteiger partial charge in [0.2, 0.25) is 0 Å². The number of rotatable bonds is 7. The van der Waals surface area contributed by atoms with E-state index in [1.165, 1.54) is 4.88 Å². The number of aromatic nitrogens is 2. The molecule has 21 heavy (non-hydrogen) atoms. The van der Waals surface area contributed by atoms with E-state index < -0.39 is 0 Å². The van der Waals surface area contributed by atoms with Gasteiger partial charge in [0.25, 0.3) is 0 Å². The van der Waals surface area contributed by atoms with Crippen molar-refractivity contribution in [1.82, 2.24) is 15.1 Å². The highest BCUT2D eigenvalue weighted by Crippen LogP contribution is 2.38. The number of thiophene rings is 1. The van der Waals surface area contributed by atoms with Gasteiger partial charge in [-0.15, -0.1) is 11.3 Å². The molecule has 0 aliphatic carbocycles. The highest BCUT2D eigenvalue weighted by Gasteiger charge is 2.25. The third-order valence-corrected chi connectivity index (χ3v) is 5.72. The summed E-state index contributed by atoms with van der Waals surface area (Å²) in [6.07, 6.45) is 4.01. The summed E-state index contributed by atoms with van der Waals surface area (Å²) < 4.78 is 3.11. The molecule has 2 aromatic heterocycles. The van der Waals surface area contributed by atoms with E-state index in [1.54, 1.807) is 11.3 Å². The first-order chi connectivity index (χ1) is 10.1. The van der Waals surface area contributed by atoms with Gasteiger partial charge in [-0.3, -0.25) is 4.68 Å². The number of aryl methyl sites for hydroxylation is 2. The molecule has 3 nitrogen and oxygen atoms in total. The van der Waals surface area contributed by atoms with Gasteiger partial charge in [0.05, 0.1) is 27.4 Å². The molecule has 2 rings (SSSR count). The molecule has 0 aromatic carbocycles. The molecular weight excluding hydrogens is 370 g/mol. The van der Waals surface area contributed by atoms with E-state index in [9.17, 15) is 0 Å². The van der Waals surface area contributed by atoms with Crippen LogP contribution in [0.25, 0.3) is 0 Å². The van der Waals surface area contributed by atoms with Crippen molar-refractivity contribution in [3.8, 4) is 0 Å². The summed E-state index contributed by atoms with van der Waals surface area (Å²) >= 11 is 11.9. The molecule has 0 aliphatic rings. The fourth-order valence-electron chi connectivity index (χ4n) is 2.30. The van der Waals surface area contributed by atoms with Crippen LogP contribution in [0.2, 0.25) is 5.02 Å². The maximum Gasteiger partial charge on any atom is 0.0868 e. The van der Waals surface area contributed by atoms with E-state index in [0.29, 0.717) is 0 Å². The van der Waals surface area contributed by atoms with Gasteiger partial charge in [-0.2, -0.15) is 5.10 Å². The van der Waals surface area contributed by atoms with Crippen LogP contribution in [-0.4, -0.2) is 16.3 Å². The summed E-state index contributed by atoms with van der Waals surface area (Å²) in [5, 5.41) is 11.1. The number of nitrogens with zero attached hydrogens (tertiary/aromatic N) is 2. The van der Waals surface area contributed by atoms with Gasteiger partial charge in [-0.1, -0.05) is 25.4 Å². The second-order valence-electron chi connectivity index (χ2n) is 5.08. The van der Waals surface area contributed by atoms with Gasteiger partial charge < -0.3 is 5.32 Å². The van der Waals surface area contributed by atoms with E-state index in [0.717, 1.165) is 46.7 Å². The molecule has 1 atom stereocenters. The Kier molecular flexibility index (Phi) is 6.29. The third kappa shape index (κ3) is 3.70. The summed E-state index contributed by atoms with van der Waals surface area (Å²) in [4.78, 5) is 1.17. The van der Waals surface area contributed by atoms with Gasteiger partial charge in [0, 0.05) is 11.4 Å². The summed E-state index contributed by atoms with van der Waals surface area (Å²) in [7, 11) is 0. The molecule has 2 aromatic rings. The summed E-state index contributed by atoms with van der Waals surface area (Å²) in [6.45, 7) is 8.24. The predicted octanol–water partition coefficient (Wildman–Crippen LogP) is 5.17. The zero-order valence-corrected chi connectivity index (χ0v) is 15.8. The Labute approximate surface area is 143 Å². The standard InChI is InChI=1S/C15H21BrClN3S/c1-4-6-18-13(15-12(17)10(3)9-21-15)14-11(16)8-19-20(14)7-5-2/h8-9,13,18H,4-7H2,1-3H3. The molecule has 0 amide bonds. The molecule has 116 valence electrons. The maximum absolute atomic E-state index is 6.51. The lowest BCUT2D eigenvalue weighted by molar-refractivity contribution is 0.514. The van der Waals surface area contributed by atoms with Crippen molar-refractivity contribution in [3.05, 3.63) is 37.2 Å². The highest BCUT2D eigenvalue weighted by atomic mass is 79.9. The molecule has 0 saturated carbocycles. The molecule has 2 heterocycles. The molecular formula is C15H21BrClN3S. The van der Waals surface area contributed by atoms with Gasteiger partial charge in [0.1, 0.15) is 0 Å². The second kappa shape index (κ2) is 7.77. The molecule has 0 fully saturated rings. The first-order valence-electron chi connectivity index (χ1n) is 7.28. The van der Waals surface area contributed by atoms with Crippen molar-refractivity contribution in [3.63, 3.8) is 0 Å². The average Bonchev–Trinajstić information content (AvgIpc) is 2.98. The lowest BCUT2D eigenvalue weighted by Gasteiger charge is -2.20. The fourth-order valence-corrected chi connectivity index (χ4v) is 4.20. The summed E-state index contributed by atoms with van der Waals surface area (Å²) in [5.74, 6) is 0. The van der Waals surface area contributed by atoms with Crippen LogP contribution >= 0.6 is 38.9 Å². The minimum absolute atomic E-state index is 0.0829. The quantitative estimate of drug-likeness (QED) is 0.707. The van der Waals surface area contributed by atoms with Crippen LogP contribution in [0.1, 0.15) is 48.9 Å². The van der Waals surface area contributed by atoms with E-state index >= 15 is 0 Å². The van der Waals surface area contributed by atoms with Crippen LogP contribution in [0.4, 0.5) is 0 Å². The van der Waals surface area contributed by atoms with Crippen molar-refractivity contribution < 1.29 is 0 Å². The largest absolute Gasteiger partial charge is 0.304 e. The molecule has 0 spiro atoms. The fraction of sp³-hybridized carbons (Fsp3) is 0.533. The minimum atomic E-state index is 0.0829. The SMILES string of the molecule is CCCNC(c1scc(C)c1Cl)c1c(Br)cnn1CCC. The van der Waals surface area contributed by atoms with Crippen LogP contribution in [-0.2, 0) is 6.54 Å². The van der Waals surface area contributed by atoms with Gasteiger partial charge in [0.15, 0.2) is 0 Å². The maximum atomic E-state index is 6.51. The molecule has 1 unspecified atom stereocenters. The van der Waals surface area contributed by atoms with E-state index in [-0.39, 0.29) is 6.04 Å². The third-order valence-electron chi connectivity index (χ3n) is 3.33. The predicted molar refractivity (Wildman–Crippen MR) is 94.4 cm³/mol. The Bertz CT molecular complexity index is 594. The van der Waals surface area contributed by atoms with Crippen molar-refractivity contribution in [2.75, 3.05) is 6.54 Å². The zero-order chi connectivity index (χ0) is 15.4. The average molecular weight is 391 g/mol. The van der Waals surface area contributed by atoms with Gasteiger partial charge in [-0.25, -0.2) is 0 Å². The summed E-state index contributed by atoms with van der Waals surface area (Å²) in [5.41, 5.74) is 2.30. The number of nitrogens with one attached hydrogen (secondary N) is 1. The lowest BCUT2D eigenvalue weighted by Crippen LogP contribution is -2.26. The normalized spacial score (nSPS) is 12.8. The van der Waals surface area contributed by atoms with Crippen LogP contribution in [0, 0.1) is 6.92 Å². The van der Waals surface area contributed by atoms with Gasteiger partial charge in [-0.05, 0) is 53.2 Å². The van der Waals surface area contributed by atoms with Crippen LogP contribution in [0.3, 0.4) is 0 Å². The number of hydrogen-bond donors (Lipinski definition) is 1.